The van der Waals surface area contributed by atoms with Gasteiger partial charge in [-0.05, 0) is 85.5 Å². The van der Waals surface area contributed by atoms with Gasteiger partial charge in [0.05, 0.1) is 48.9 Å². The first kappa shape index (κ1) is 82.8. The topological polar surface area (TPSA) is 233 Å². The summed E-state index contributed by atoms with van der Waals surface area (Å²) in [7, 11) is 1.60. The van der Waals surface area contributed by atoms with Gasteiger partial charge in [-0.25, -0.2) is 14.4 Å². The highest BCUT2D eigenvalue weighted by Gasteiger charge is 2.15. The zero-order chi connectivity index (χ0) is 71.1. The lowest BCUT2D eigenvalue weighted by Crippen LogP contribution is -2.13. The van der Waals surface area contributed by atoms with Crippen molar-refractivity contribution < 1.29 is 41.9 Å². The maximum Gasteiger partial charge on any atom is 0.444 e. The number of aromatic nitrogens is 6. The van der Waals surface area contributed by atoms with Crippen LogP contribution in [0.1, 0.15) is 296 Å². The van der Waals surface area contributed by atoms with E-state index in [-0.39, 0.29) is 23.9 Å². The van der Waals surface area contributed by atoms with E-state index < -0.39 is 22.2 Å². The fourth-order valence-corrected chi connectivity index (χ4v) is 11.7. The summed E-state index contributed by atoms with van der Waals surface area (Å²) in [5, 5.41) is 23.0. The van der Waals surface area contributed by atoms with Crippen molar-refractivity contribution in [2.45, 2.75) is 297 Å². The molecule has 3 aromatic heterocycles. The van der Waals surface area contributed by atoms with Crippen molar-refractivity contribution in [3.63, 3.8) is 0 Å². The lowest BCUT2D eigenvalue weighted by Gasteiger charge is -2.06. The summed E-state index contributed by atoms with van der Waals surface area (Å²) in [4.78, 5) is 46.4. The van der Waals surface area contributed by atoms with Gasteiger partial charge in [0.1, 0.15) is 18.1 Å². The number of nitro groups is 1. The van der Waals surface area contributed by atoms with Crippen molar-refractivity contribution in [2.24, 2.45) is 0 Å². The first-order chi connectivity index (χ1) is 49.1. The molecule has 0 saturated heterocycles. The summed E-state index contributed by atoms with van der Waals surface area (Å²) in [6.07, 6.45) is 54.8. The van der Waals surface area contributed by atoms with Gasteiger partial charge in [0.25, 0.3) is 5.69 Å². The summed E-state index contributed by atoms with van der Waals surface area (Å²) < 4.78 is 46.2. The van der Waals surface area contributed by atoms with E-state index in [0.29, 0.717) is 43.5 Å². The number of unbranched alkanes of at least 4 members (excludes halogenated alkanes) is 39. The van der Waals surface area contributed by atoms with Crippen molar-refractivity contribution in [3.05, 3.63) is 150 Å². The normalized spacial score (nSPS) is 11.0. The molecule has 0 fully saturated rings. The Morgan fingerprint density at radius 3 is 0.870 bits per heavy atom. The minimum atomic E-state index is -0.685. The minimum absolute atomic E-state index is 0.0177. The first-order valence-electron chi connectivity index (χ1n) is 38.5. The van der Waals surface area contributed by atoms with Gasteiger partial charge in [0.2, 0.25) is 0 Å². The second-order valence-corrected chi connectivity index (χ2v) is 26.2. The lowest BCUT2D eigenvalue weighted by atomic mass is 10.0. The quantitative estimate of drug-likeness (QED) is 0.0196. The third-order valence-corrected chi connectivity index (χ3v) is 17.7. The average molecular weight is 1390 g/mol. The van der Waals surface area contributed by atoms with Crippen LogP contribution in [-0.4, -0.2) is 61.2 Å². The average Bonchev–Trinajstić information content (AvgIpc) is 1.80. The molecule has 20 heteroatoms. The molecule has 7 rings (SSSR count). The van der Waals surface area contributed by atoms with E-state index in [1.165, 1.54) is 265 Å². The predicted molar refractivity (Wildman–Crippen MR) is 398 cm³/mol. The maximum absolute atomic E-state index is 12.2. The van der Waals surface area contributed by atoms with Gasteiger partial charge in [-0.2, -0.15) is 14.0 Å². The zero-order valence-electron chi connectivity index (χ0n) is 61.3. The lowest BCUT2D eigenvalue weighted by molar-refractivity contribution is -0.384. The molecule has 0 amide bonds. The Bertz CT molecular complexity index is 3300. The van der Waals surface area contributed by atoms with Crippen LogP contribution in [0.15, 0.2) is 131 Å². The zero-order valence-corrected chi connectivity index (χ0v) is 61.3. The fourth-order valence-electron chi connectivity index (χ4n) is 11.7. The Morgan fingerprint density at radius 1 is 0.340 bits per heavy atom. The summed E-state index contributed by atoms with van der Waals surface area (Å²) in [5.41, 5.74) is 2.64. The molecule has 3 heterocycles. The number of hydrogen-bond acceptors (Lipinski definition) is 16. The molecule has 0 aliphatic rings. The van der Waals surface area contributed by atoms with Gasteiger partial charge in [-0.3, -0.25) is 10.1 Å². The van der Waals surface area contributed by atoms with E-state index in [0.717, 1.165) is 60.3 Å². The van der Waals surface area contributed by atoms with Crippen molar-refractivity contribution in [3.8, 4) is 46.8 Å². The number of non-ortho nitro benzene ring substituents is 1. The molecular weight excluding hydrogens is 1270 g/mol. The summed E-state index contributed by atoms with van der Waals surface area (Å²) in [6, 6.07) is 29.7. The van der Waals surface area contributed by atoms with E-state index in [1.807, 2.05) is 42.5 Å². The second-order valence-electron chi connectivity index (χ2n) is 26.2. The van der Waals surface area contributed by atoms with Crippen LogP contribution in [0.4, 0.5) is 5.69 Å². The van der Waals surface area contributed by atoms with E-state index in [9.17, 15) is 24.5 Å². The Hall–Kier alpha value is -7.90. The number of rotatable bonds is 56. The predicted octanol–water partition coefficient (Wildman–Crippen LogP) is 21.6. The number of hydrogen-bond donors (Lipinski definition) is 0. The van der Waals surface area contributed by atoms with E-state index >= 15 is 0 Å². The van der Waals surface area contributed by atoms with Gasteiger partial charge >= 0.3 is 35.5 Å². The van der Waals surface area contributed by atoms with Crippen LogP contribution < -0.4 is 41.0 Å². The minimum Gasteiger partial charge on any atom is -0.497 e. The smallest absolute Gasteiger partial charge is 0.444 e. The molecule has 20 nitrogen and oxygen atoms in total. The molecule has 100 heavy (non-hydrogen) atoms. The van der Waals surface area contributed by atoms with Crippen molar-refractivity contribution >= 4 is 5.69 Å². The highest BCUT2D eigenvalue weighted by Crippen LogP contribution is 2.22. The van der Waals surface area contributed by atoms with Crippen LogP contribution in [0.25, 0.3) is 17.1 Å². The van der Waals surface area contributed by atoms with Crippen LogP contribution in [0.5, 0.6) is 29.7 Å². The molecule has 0 N–H and O–H groups in total. The fraction of sp³-hybridized carbons (Fsp3) is 0.625. The van der Waals surface area contributed by atoms with Crippen LogP contribution in [0, 0.1) is 10.1 Å². The van der Waals surface area contributed by atoms with E-state index in [1.54, 1.807) is 43.5 Å². The Morgan fingerprint density at radius 2 is 0.600 bits per heavy atom. The van der Waals surface area contributed by atoms with Gasteiger partial charge < -0.3 is 36.9 Å². The molecule has 0 radical (unpaired) electrons. The summed E-state index contributed by atoms with van der Waals surface area (Å²) in [5.74, 6) is -0.363. The third-order valence-electron chi connectivity index (χ3n) is 17.7. The number of nitrogens with zero attached hydrogens (tertiary/aromatic N) is 7. The summed E-state index contributed by atoms with van der Waals surface area (Å²) in [6.45, 7) is 8.75. The molecule has 554 valence electrons. The van der Waals surface area contributed by atoms with Gasteiger partial charge in [-0.15, -0.1) is 0 Å². The van der Waals surface area contributed by atoms with E-state index in [4.69, 9.17) is 36.9 Å². The van der Waals surface area contributed by atoms with Gasteiger partial charge in [0, 0.05) is 12.1 Å². The molecule has 0 aliphatic carbocycles. The molecule has 0 atom stereocenters. The number of ether oxygens (including phenoxy) is 5. The van der Waals surface area contributed by atoms with Crippen LogP contribution >= 0.6 is 0 Å². The Kier molecular flexibility index (Phi) is 44.6. The highest BCUT2D eigenvalue weighted by molar-refractivity contribution is 5.40. The molecule has 4 aromatic carbocycles. The van der Waals surface area contributed by atoms with Crippen molar-refractivity contribution in [2.75, 3.05) is 26.9 Å². The second kappa shape index (κ2) is 53.9. The Balaban J connectivity index is 0.000000272. The van der Waals surface area contributed by atoms with Crippen LogP contribution in [0.2, 0.25) is 0 Å². The first-order valence-corrected chi connectivity index (χ1v) is 38.5. The Labute approximate surface area is 595 Å². The largest absolute Gasteiger partial charge is 0.497 e. The molecule has 0 saturated carbocycles. The molecule has 0 aliphatic heterocycles. The molecule has 0 unspecified atom stereocenters. The summed E-state index contributed by atoms with van der Waals surface area (Å²) >= 11 is 0. The van der Waals surface area contributed by atoms with Gasteiger partial charge in [-0.1, -0.05) is 317 Å². The van der Waals surface area contributed by atoms with Crippen molar-refractivity contribution in [1.82, 2.24) is 29.3 Å². The highest BCUT2D eigenvalue weighted by atomic mass is 16.6. The SMILES string of the molecule is CCCCCCCCCCCCCCCCOc1nn(-c2ccc(OC)cc2)c(=O)o1.CCCCCCCCCCCCCCCCOc1nn(-c2ccc(OCc3ccccc3)cc2)c(=O)o1.CCCCCCCCCCCCCCCCOc1nn(-c2ccc([N+](=O)[O-])cc2)c(=O)o1. The van der Waals surface area contributed by atoms with Crippen LogP contribution in [-0.2, 0) is 6.61 Å². The molecular formula is C80H121N7O13. The molecule has 7 aromatic rings. The third kappa shape index (κ3) is 36.4. The molecule has 0 spiro atoms. The number of benzene rings is 4. The molecule has 0 bridgehead atoms. The van der Waals surface area contributed by atoms with Crippen LogP contribution in [0.3, 0.4) is 0 Å². The van der Waals surface area contributed by atoms with E-state index in [2.05, 4.69) is 36.1 Å². The number of nitro benzene ring substituents is 1. The number of methoxy groups -OCH3 is 1. The monoisotopic (exact) mass is 1390 g/mol. The standard InChI is InChI=1S/C31H44N2O4.C25H40N2O4.C24H37N3O5/c1-2-3-4-5-6-7-8-9-10-11-12-13-14-18-25-35-30-32-33(31(34)37-30)28-21-23-29(24-22-28)36-26-27-19-16-15-17-20-27;1-3-4-5-6-7-8-9-10-11-12-13-14-15-16-21-30-24-26-27(25(28)31-24)22-17-19-23(29-2)20-18-22;1-2-3-4-5-6-7-8-9-10-11-12-13-14-15-20-31-23-25-26(24(28)32-23)21-16-18-22(19-17-21)27(29)30/h15-17,19-24H,2-14,18,25-26H2,1H3;17-20H,3-16,21H2,1-2H3;16-19H,2-15,20H2,1H3. The van der Waals surface area contributed by atoms with Crippen molar-refractivity contribution in [1.29, 1.82) is 0 Å². The van der Waals surface area contributed by atoms with Gasteiger partial charge in [0.15, 0.2) is 0 Å². The maximum atomic E-state index is 12.2.